The SMILES string of the molecule is COCCOCCOCCOC(=O)N1CCN(Cc2ccc(-c3cc4nccc(Oc5ccc(CC(=O)CC6CC6)cc5F)c4s3)nc2)CC1. The number of halogens is 1. The zero-order valence-corrected chi connectivity index (χ0v) is 29.1. The molecule has 13 heteroatoms. The summed E-state index contributed by atoms with van der Waals surface area (Å²) >= 11 is 1.49. The van der Waals surface area contributed by atoms with E-state index in [1.54, 1.807) is 36.4 Å². The summed E-state index contributed by atoms with van der Waals surface area (Å²) in [6.07, 6.45) is 6.25. The van der Waals surface area contributed by atoms with E-state index in [1.807, 2.05) is 18.3 Å². The number of ether oxygens (including phenoxy) is 5. The Morgan fingerprint density at radius 2 is 1.64 bits per heavy atom. The molecule has 50 heavy (non-hydrogen) atoms. The lowest BCUT2D eigenvalue weighted by atomic mass is 10.0. The zero-order chi connectivity index (χ0) is 34.7. The quantitative estimate of drug-likeness (QED) is 0.112. The number of ketones is 1. The van der Waals surface area contributed by atoms with Crippen molar-refractivity contribution in [3.63, 3.8) is 0 Å². The highest BCUT2D eigenvalue weighted by Gasteiger charge is 2.25. The van der Waals surface area contributed by atoms with E-state index < -0.39 is 5.82 Å². The van der Waals surface area contributed by atoms with Crippen LogP contribution in [0.25, 0.3) is 20.8 Å². The van der Waals surface area contributed by atoms with Gasteiger partial charge in [-0.15, -0.1) is 11.3 Å². The molecule has 6 rings (SSSR count). The highest BCUT2D eigenvalue weighted by atomic mass is 32.1. The molecule has 2 aliphatic rings. The van der Waals surface area contributed by atoms with Crippen molar-refractivity contribution in [3.05, 3.63) is 71.8 Å². The maximum atomic E-state index is 15.0. The number of rotatable bonds is 18. The van der Waals surface area contributed by atoms with Gasteiger partial charge in [0.25, 0.3) is 0 Å². The van der Waals surface area contributed by atoms with Crippen molar-refractivity contribution in [2.75, 3.05) is 72.9 Å². The Morgan fingerprint density at radius 3 is 2.36 bits per heavy atom. The summed E-state index contributed by atoms with van der Waals surface area (Å²) in [5.74, 6) is 0.778. The topological polar surface area (TPSA) is 113 Å². The number of pyridine rings is 2. The molecule has 266 valence electrons. The van der Waals surface area contributed by atoms with Crippen LogP contribution in [0.4, 0.5) is 9.18 Å². The fraction of sp³-hybridized carbons (Fsp3) is 0.459. The van der Waals surface area contributed by atoms with Crippen molar-refractivity contribution < 1.29 is 37.7 Å². The van der Waals surface area contributed by atoms with Gasteiger partial charge in [0.15, 0.2) is 11.6 Å². The second-order valence-electron chi connectivity index (χ2n) is 12.5. The van der Waals surface area contributed by atoms with E-state index >= 15 is 4.39 Å². The zero-order valence-electron chi connectivity index (χ0n) is 28.3. The first-order valence-corrected chi connectivity index (χ1v) is 17.9. The number of benzene rings is 1. The van der Waals surface area contributed by atoms with Gasteiger partial charge in [0.2, 0.25) is 0 Å². The molecule has 1 saturated heterocycles. The first kappa shape index (κ1) is 35.8. The monoisotopic (exact) mass is 706 g/mol. The van der Waals surface area contributed by atoms with Crippen LogP contribution >= 0.6 is 11.3 Å². The Kier molecular flexibility index (Phi) is 12.7. The summed E-state index contributed by atoms with van der Waals surface area (Å²) in [6.45, 7) is 5.90. The van der Waals surface area contributed by atoms with E-state index in [0.29, 0.717) is 69.8 Å². The average Bonchev–Trinajstić information content (AvgIpc) is 3.82. The molecule has 0 unspecified atom stereocenters. The van der Waals surface area contributed by atoms with E-state index in [2.05, 4.69) is 16.0 Å². The maximum absolute atomic E-state index is 15.0. The third-order valence-electron chi connectivity index (χ3n) is 8.58. The number of carbonyl (C=O) groups excluding carboxylic acids is 2. The van der Waals surface area contributed by atoms with Crippen LogP contribution in [0.15, 0.2) is 54.9 Å². The van der Waals surface area contributed by atoms with Crippen molar-refractivity contribution in [1.29, 1.82) is 0 Å². The van der Waals surface area contributed by atoms with Crippen LogP contribution in [0.3, 0.4) is 0 Å². The van der Waals surface area contributed by atoms with Crippen LogP contribution in [0.1, 0.15) is 30.4 Å². The van der Waals surface area contributed by atoms with E-state index in [0.717, 1.165) is 58.8 Å². The Hall–Kier alpha value is -4.01. The third-order valence-corrected chi connectivity index (χ3v) is 9.74. The van der Waals surface area contributed by atoms with Crippen LogP contribution in [-0.2, 0) is 36.7 Å². The van der Waals surface area contributed by atoms with Crippen LogP contribution < -0.4 is 4.74 Å². The molecular formula is C37H43FN4O7S. The summed E-state index contributed by atoms with van der Waals surface area (Å²) in [4.78, 5) is 38.8. The van der Waals surface area contributed by atoms with Crippen molar-refractivity contribution >= 4 is 33.4 Å². The predicted octanol–water partition coefficient (Wildman–Crippen LogP) is 6.14. The Balaban J connectivity index is 0.960. The number of hydrogen-bond donors (Lipinski definition) is 0. The molecule has 2 fully saturated rings. The molecule has 0 N–H and O–H groups in total. The lowest BCUT2D eigenvalue weighted by molar-refractivity contribution is -0.118. The minimum Gasteiger partial charge on any atom is -0.453 e. The number of nitrogens with zero attached hydrogens (tertiary/aromatic N) is 4. The van der Waals surface area contributed by atoms with Gasteiger partial charge < -0.3 is 28.6 Å². The number of fused-ring (bicyclic) bond motifs is 1. The largest absolute Gasteiger partial charge is 0.453 e. The molecule has 1 aliphatic carbocycles. The predicted molar refractivity (Wildman–Crippen MR) is 187 cm³/mol. The number of aromatic nitrogens is 2. The van der Waals surface area contributed by atoms with E-state index in [1.165, 1.54) is 17.4 Å². The van der Waals surface area contributed by atoms with Gasteiger partial charge in [-0.25, -0.2) is 9.18 Å². The molecular weight excluding hydrogens is 663 g/mol. The van der Waals surface area contributed by atoms with Crippen molar-refractivity contribution in [2.24, 2.45) is 5.92 Å². The van der Waals surface area contributed by atoms with Crippen molar-refractivity contribution in [1.82, 2.24) is 19.8 Å². The smallest absolute Gasteiger partial charge is 0.409 e. The van der Waals surface area contributed by atoms with Crippen LogP contribution in [-0.4, -0.2) is 105 Å². The molecule has 1 saturated carbocycles. The van der Waals surface area contributed by atoms with Crippen LogP contribution in [0.5, 0.6) is 11.5 Å². The van der Waals surface area contributed by atoms with Gasteiger partial charge in [0, 0.05) is 71.1 Å². The molecule has 3 aromatic heterocycles. The second-order valence-corrected chi connectivity index (χ2v) is 13.6. The van der Waals surface area contributed by atoms with Crippen LogP contribution in [0, 0.1) is 11.7 Å². The lowest BCUT2D eigenvalue weighted by Gasteiger charge is -2.34. The molecule has 11 nitrogen and oxygen atoms in total. The summed E-state index contributed by atoms with van der Waals surface area (Å²) < 4.78 is 42.9. The summed E-state index contributed by atoms with van der Waals surface area (Å²) in [5.41, 5.74) is 3.28. The number of amides is 1. The number of piperazine rings is 1. The first-order valence-electron chi connectivity index (χ1n) is 17.1. The minimum absolute atomic E-state index is 0.104. The molecule has 0 bridgehead atoms. The van der Waals surface area contributed by atoms with E-state index in [9.17, 15) is 9.59 Å². The highest BCUT2D eigenvalue weighted by Crippen LogP contribution is 2.39. The highest BCUT2D eigenvalue weighted by molar-refractivity contribution is 7.22. The lowest BCUT2D eigenvalue weighted by Crippen LogP contribution is -2.48. The fourth-order valence-corrected chi connectivity index (χ4v) is 6.72. The van der Waals surface area contributed by atoms with Crippen molar-refractivity contribution in [2.45, 2.75) is 32.2 Å². The normalized spacial score (nSPS) is 15.0. The Morgan fingerprint density at radius 1 is 0.880 bits per heavy atom. The van der Waals surface area contributed by atoms with Crippen molar-refractivity contribution in [3.8, 4) is 22.1 Å². The minimum atomic E-state index is -0.500. The molecule has 0 spiro atoms. The second kappa shape index (κ2) is 17.8. The fourth-order valence-electron chi connectivity index (χ4n) is 5.67. The Bertz CT molecular complexity index is 1720. The molecule has 1 aliphatic heterocycles. The van der Waals surface area contributed by atoms with Gasteiger partial charge >= 0.3 is 6.09 Å². The van der Waals surface area contributed by atoms with E-state index in [4.69, 9.17) is 28.7 Å². The standard InChI is InChI=1S/C37H43FN4O7S/c1-45-14-15-46-16-17-47-18-19-48-37(44)42-12-10-41(11-13-42)25-28-4-6-31(40-24-28)35-23-32-36(50-35)34(8-9-39-32)49-33-7-5-27(22-30(33)38)21-29(43)20-26-2-3-26/h4-9,22-24,26H,2-3,10-21,25H2,1H3. The summed E-state index contributed by atoms with van der Waals surface area (Å²) in [6, 6.07) is 12.5. The summed E-state index contributed by atoms with van der Waals surface area (Å²) in [5, 5.41) is 0. The number of thiophene rings is 1. The van der Waals surface area contributed by atoms with E-state index in [-0.39, 0.29) is 30.7 Å². The number of methoxy groups -OCH3 is 1. The molecule has 4 aromatic rings. The third kappa shape index (κ3) is 10.3. The van der Waals surface area contributed by atoms with Gasteiger partial charge in [-0.3, -0.25) is 19.7 Å². The van der Waals surface area contributed by atoms with Gasteiger partial charge in [-0.2, -0.15) is 0 Å². The molecule has 1 amide bonds. The van der Waals surface area contributed by atoms with Gasteiger partial charge in [0.1, 0.15) is 18.1 Å². The molecule has 0 radical (unpaired) electrons. The maximum Gasteiger partial charge on any atom is 0.409 e. The summed E-state index contributed by atoms with van der Waals surface area (Å²) in [7, 11) is 1.63. The van der Waals surface area contributed by atoms with Gasteiger partial charge in [-0.05, 0) is 54.2 Å². The molecule has 4 heterocycles. The van der Waals surface area contributed by atoms with Gasteiger partial charge in [0.05, 0.1) is 53.8 Å². The van der Waals surface area contributed by atoms with Crippen LogP contribution in [0.2, 0.25) is 0 Å². The van der Waals surface area contributed by atoms with Gasteiger partial charge in [-0.1, -0.05) is 12.1 Å². The number of carbonyl (C=O) groups is 2. The molecule has 1 aromatic carbocycles. The number of hydrogen-bond acceptors (Lipinski definition) is 11. The Labute approximate surface area is 295 Å². The number of Topliss-reactive ketones (excluding diaryl/α,β-unsaturated/α-hetero) is 1. The first-order chi connectivity index (χ1) is 24.4. The molecule has 0 atom stereocenters. The average molecular weight is 707 g/mol.